The molecule has 1 aliphatic heterocycles. The van der Waals surface area contributed by atoms with Crippen molar-refractivity contribution in [1.29, 1.82) is 0 Å². The summed E-state index contributed by atoms with van der Waals surface area (Å²) < 4.78 is 0. The molecule has 1 atom stereocenters. The number of carbonyl (C=O) groups is 1. The van der Waals surface area contributed by atoms with Gasteiger partial charge in [-0.2, -0.15) is 0 Å². The Morgan fingerprint density at radius 1 is 1.59 bits per heavy atom. The van der Waals surface area contributed by atoms with Crippen LogP contribution in [0.15, 0.2) is 30.0 Å². The van der Waals surface area contributed by atoms with Crippen LogP contribution in [0.2, 0.25) is 0 Å². The fraction of sp³-hybridized carbons (Fsp3) is 0.529. The number of carbonyl (C=O) groups excluding carboxylic acids is 1. The number of allylic oxidation sites excluding steroid dienone is 1. The zero-order chi connectivity index (χ0) is 15.9. The Bertz CT molecular complexity index is 541. The third-order valence-corrected chi connectivity index (χ3v) is 3.99. The molecule has 3 N–H and O–H groups in total. The van der Waals surface area contributed by atoms with Crippen molar-refractivity contribution in [2.24, 2.45) is 5.92 Å². The van der Waals surface area contributed by atoms with Crippen molar-refractivity contribution in [2.75, 3.05) is 31.9 Å². The topological polar surface area (TPSA) is 71.2 Å². The first-order valence-corrected chi connectivity index (χ1v) is 7.96. The molecule has 0 aromatic carbocycles. The van der Waals surface area contributed by atoms with Crippen molar-refractivity contribution in [2.45, 2.75) is 26.7 Å². The second-order valence-corrected chi connectivity index (χ2v) is 6.03. The molecular weight excluding hydrogens is 276 g/mol. The first kappa shape index (κ1) is 16.5. The summed E-state index contributed by atoms with van der Waals surface area (Å²) in [7, 11) is 0. The largest absolute Gasteiger partial charge is 0.384 e. The lowest BCUT2D eigenvalue weighted by atomic mass is 10.1. The normalized spacial score (nSPS) is 19.4. The van der Waals surface area contributed by atoms with Crippen LogP contribution in [0.25, 0.3) is 0 Å². The number of anilines is 1. The van der Waals surface area contributed by atoms with Crippen molar-refractivity contribution < 1.29 is 4.79 Å². The number of hydrogen-bond donors (Lipinski definition) is 2. The standard InChI is InChI=1S/C17H26N4O/c1-3-4-13(2)11-21-8-6-14(12-21)10-20-17(22)15-5-7-19-16(18)9-15/h4-5,7,9,14H,3,6,8,10-12H2,1-2H3,(H2,18,19)(H,20,22). The van der Waals surface area contributed by atoms with E-state index in [-0.39, 0.29) is 5.91 Å². The quantitative estimate of drug-likeness (QED) is 0.789. The maximum atomic E-state index is 12.1. The van der Waals surface area contributed by atoms with Crippen LogP contribution in [-0.4, -0.2) is 42.0 Å². The highest BCUT2D eigenvalue weighted by molar-refractivity contribution is 5.94. The number of nitrogen functional groups attached to an aromatic ring is 1. The van der Waals surface area contributed by atoms with Gasteiger partial charge < -0.3 is 11.1 Å². The zero-order valence-electron chi connectivity index (χ0n) is 13.5. The number of nitrogens with one attached hydrogen (secondary N) is 1. The van der Waals surface area contributed by atoms with Crippen molar-refractivity contribution in [3.63, 3.8) is 0 Å². The summed E-state index contributed by atoms with van der Waals surface area (Å²) in [4.78, 5) is 18.4. The van der Waals surface area contributed by atoms with Crippen LogP contribution in [-0.2, 0) is 0 Å². The molecule has 1 fully saturated rings. The van der Waals surface area contributed by atoms with E-state index < -0.39 is 0 Å². The Labute approximate surface area is 132 Å². The molecule has 22 heavy (non-hydrogen) atoms. The van der Waals surface area contributed by atoms with Crippen LogP contribution in [0.3, 0.4) is 0 Å². The molecule has 120 valence electrons. The Kier molecular flexibility index (Phi) is 5.95. The third-order valence-electron chi connectivity index (χ3n) is 3.99. The van der Waals surface area contributed by atoms with Gasteiger partial charge in [0.15, 0.2) is 0 Å². The average molecular weight is 302 g/mol. The van der Waals surface area contributed by atoms with Crippen LogP contribution >= 0.6 is 0 Å². The van der Waals surface area contributed by atoms with E-state index in [9.17, 15) is 4.79 Å². The highest BCUT2D eigenvalue weighted by Crippen LogP contribution is 2.17. The van der Waals surface area contributed by atoms with Crippen LogP contribution in [0, 0.1) is 5.92 Å². The number of likely N-dealkylation sites (tertiary alicyclic amines) is 1. The second-order valence-electron chi connectivity index (χ2n) is 6.03. The minimum atomic E-state index is -0.0744. The van der Waals surface area contributed by atoms with E-state index in [0.717, 1.165) is 32.5 Å². The minimum Gasteiger partial charge on any atom is -0.384 e. The highest BCUT2D eigenvalue weighted by atomic mass is 16.1. The summed E-state index contributed by atoms with van der Waals surface area (Å²) in [5, 5.41) is 3.00. The summed E-state index contributed by atoms with van der Waals surface area (Å²) in [6, 6.07) is 3.29. The van der Waals surface area contributed by atoms with E-state index >= 15 is 0 Å². The van der Waals surface area contributed by atoms with Gasteiger partial charge in [-0.25, -0.2) is 4.98 Å². The van der Waals surface area contributed by atoms with Gasteiger partial charge in [0, 0.05) is 31.4 Å². The average Bonchev–Trinajstić information content (AvgIpc) is 2.92. The van der Waals surface area contributed by atoms with Gasteiger partial charge in [0.25, 0.3) is 5.91 Å². The smallest absolute Gasteiger partial charge is 0.251 e. The molecule has 0 saturated carbocycles. The first-order chi connectivity index (χ1) is 10.6. The second kappa shape index (κ2) is 7.94. The van der Waals surface area contributed by atoms with Crippen LogP contribution < -0.4 is 11.1 Å². The third kappa shape index (κ3) is 4.84. The molecule has 1 amide bonds. The molecule has 0 bridgehead atoms. The lowest BCUT2D eigenvalue weighted by molar-refractivity contribution is 0.0947. The molecule has 2 heterocycles. The van der Waals surface area contributed by atoms with E-state index in [1.165, 1.54) is 5.57 Å². The summed E-state index contributed by atoms with van der Waals surface area (Å²) in [6.45, 7) is 8.27. The first-order valence-electron chi connectivity index (χ1n) is 7.96. The van der Waals surface area contributed by atoms with Crippen molar-refractivity contribution in [1.82, 2.24) is 15.2 Å². The number of nitrogens with zero attached hydrogens (tertiary/aromatic N) is 2. The Morgan fingerprint density at radius 2 is 2.41 bits per heavy atom. The van der Waals surface area contributed by atoms with Gasteiger partial charge in [0.1, 0.15) is 5.82 Å². The number of aromatic nitrogens is 1. The van der Waals surface area contributed by atoms with Crippen molar-refractivity contribution in [3.05, 3.63) is 35.5 Å². The van der Waals surface area contributed by atoms with Crippen LogP contribution in [0.1, 0.15) is 37.0 Å². The maximum absolute atomic E-state index is 12.1. The zero-order valence-corrected chi connectivity index (χ0v) is 13.5. The van der Waals surface area contributed by atoms with Crippen molar-refractivity contribution in [3.8, 4) is 0 Å². The van der Waals surface area contributed by atoms with Crippen LogP contribution in [0.5, 0.6) is 0 Å². The Morgan fingerprint density at radius 3 is 3.14 bits per heavy atom. The van der Waals surface area contributed by atoms with Gasteiger partial charge in [-0.05, 0) is 44.4 Å². The van der Waals surface area contributed by atoms with E-state index in [4.69, 9.17) is 5.73 Å². The number of rotatable bonds is 6. The van der Waals surface area contributed by atoms with Gasteiger partial charge in [0.05, 0.1) is 0 Å². The molecule has 1 aromatic rings. The number of nitrogens with two attached hydrogens (primary N) is 1. The molecule has 1 saturated heterocycles. The SMILES string of the molecule is CCC=C(C)CN1CCC(CNC(=O)c2ccnc(N)c2)C1. The summed E-state index contributed by atoms with van der Waals surface area (Å²) >= 11 is 0. The molecule has 2 rings (SSSR count). The Balaban J connectivity index is 1.76. The lowest BCUT2D eigenvalue weighted by Gasteiger charge is -2.16. The fourth-order valence-corrected chi connectivity index (χ4v) is 2.92. The van der Waals surface area contributed by atoms with E-state index in [1.807, 2.05) is 0 Å². The van der Waals surface area contributed by atoms with Gasteiger partial charge in [-0.15, -0.1) is 0 Å². The molecule has 5 heteroatoms. The number of amides is 1. The van der Waals surface area contributed by atoms with E-state index in [0.29, 0.717) is 23.8 Å². The maximum Gasteiger partial charge on any atom is 0.251 e. The predicted octanol–water partition coefficient (Wildman–Crippen LogP) is 2.07. The number of pyridine rings is 1. The van der Waals surface area contributed by atoms with E-state index in [1.54, 1.807) is 18.3 Å². The van der Waals surface area contributed by atoms with Gasteiger partial charge in [-0.1, -0.05) is 18.6 Å². The predicted molar refractivity (Wildman–Crippen MR) is 89.6 cm³/mol. The fourth-order valence-electron chi connectivity index (χ4n) is 2.92. The van der Waals surface area contributed by atoms with Gasteiger partial charge in [0.2, 0.25) is 0 Å². The molecule has 1 unspecified atom stereocenters. The summed E-state index contributed by atoms with van der Waals surface area (Å²) in [5.74, 6) is 0.824. The van der Waals surface area contributed by atoms with Crippen LogP contribution in [0.4, 0.5) is 5.82 Å². The monoisotopic (exact) mass is 302 g/mol. The highest BCUT2D eigenvalue weighted by Gasteiger charge is 2.22. The summed E-state index contributed by atoms with van der Waals surface area (Å²) in [5.41, 5.74) is 7.60. The van der Waals surface area contributed by atoms with Gasteiger partial charge >= 0.3 is 0 Å². The lowest BCUT2D eigenvalue weighted by Crippen LogP contribution is -2.31. The minimum absolute atomic E-state index is 0.0744. The summed E-state index contributed by atoms with van der Waals surface area (Å²) in [6.07, 6.45) is 6.07. The molecule has 1 aliphatic rings. The van der Waals surface area contributed by atoms with E-state index in [2.05, 4.69) is 35.1 Å². The molecule has 0 aliphatic carbocycles. The molecule has 0 spiro atoms. The number of hydrogen-bond acceptors (Lipinski definition) is 4. The van der Waals surface area contributed by atoms with Crippen molar-refractivity contribution >= 4 is 11.7 Å². The Hall–Kier alpha value is -1.88. The molecule has 1 aromatic heterocycles. The molecule has 0 radical (unpaired) electrons. The molecule has 5 nitrogen and oxygen atoms in total. The molecular formula is C17H26N4O. The van der Waals surface area contributed by atoms with Gasteiger partial charge in [-0.3, -0.25) is 9.69 Å².